The minimum atomic E-state index is -0.876. The lowest BCUT2D eigenvalue weighted by molar-refractivity contribution is -0.141. The maximum atomic E-state index is 12.3. The summed E-state index contributed by atoms with van der Waals surface area (Å²) in [5, 5.41) is 9.84. The number of carbonyl (C=O) groups is 2. The van der Waals surface area contributed by atoms with Crippen LogP contribution in [-0.2, 0) is 16.0 Å². The van der Waals surface area contributed by atoms with Gasteiger partial charge in [0.2, 0.25) is 5.91 Å². The van der Waals surface area contributed by atoms with Gasteiger partial charge >= 0.3 is 5.97 Å². The van der Waals surface area contributed by atoms with Crippen molar-refractivity contribution < 1.29 is 14.7 Å². The highest BCUT2D eigenvalue weighted by Crippen LogP contribution is 2.18. The van der Waals surface area contributed by atoms with Gasteiger partial charge in [0, 0.05) is 24.2 Å². The molecule has 0 radical (unpaired) electrons. The molecule has 22 heavy (non-hydrogen) atoms. The van der Waals surface area contributed by atoms with E-state index in [-0.39, 0.29) is 24.4 Å². The first-order valence-corrected chi connectivity index (χ1v) is 7.16. The molecule has 1 aromatic carbocycles. The van der Waals surface area contributed by atoms with Gasteiger partial charge in [-0.15, -0.1) is 0 Å². The number of para-hydroxylation sites is 1. The number of amides is 1. The zero-order valence-electron chi connectivity index (χ0n) is 11.9. The zero-order valence-corrected chi connectivity index (χ0v) is 11.9. The van der Waals surface area contributed by atoms with E-state index >= 15 is 0 Å². The summed E-state index contributed by atoms with van der Waals surface area (Å²) < 4.78 is 0. The summed E-state index contributed by atoms with van der Waals surface area (Å²) >= 11 is 0. The second kappa shape index (κ2) is 5.63. The van der Waals surface area contributed by atoms with Gasteiger partial charge in [-0.3, -0.25) is 14.4 Å². The molecule has 1 atom stereocenters. The Balaban J connectivity index is 1.78. The van der Waals surface area contributed by atoms with Gasteiger partial charge in [0.05, 0.1) is 12.3 Å². The number of carboxylic acids is 1. The van der Waals surface area contributed by atoms with Crippen LogP contribution < -0.4 is 5.56 Å². The molecule has 6 heteroatoms. The van der Waals surface area contributed by atoms with Gasteiger partial charge in [-0.1, -0.05) is 18.2 Å². The second-order valence-corrected chi connectivity index (χ2v) is 5.55. The Morgan fingerprint density at radius 3 is 2.82 bits per heavy atom. The largest absolute Gasteiger partial charge is 0.481 e. The lowest BCUT2D eigenvalue weighted by Gasteiger charge is -2.15. The topological polar surface area (TPSA) is 90.5 Å². The van der Waals surface area contributed by atoms with Gasteiger partial charge in [0.1, 0.15) is 0 Å². The summed E-state index contributed by atoms with van der Waals surface area (Å²) in [4.78, 5) is 39.5. The average molecular weight is 300 g/mol. The number of carbonyl (C=O) groups excluding carboxylic acids is 1. The van der Waals surface area contributed by atoms with Crippen molar-refractivity contribution in [3.05, 3.63) is 46.2 Å². The fourth-order valence-corrected chi connectivity index (χ4v) is 2.79. The Labute approximate surface area is 126 Å². The summed E-state index contributed by atoms with van der Waals surface area (Å²) in [5.41, 5.74) is 0.860. The monoisotopic (exact) mass is 300 g/mol. The van der Waals surface area contributed by atoms with Crippen molar-refractivity contribution in [3.63, 3.8) is 0 Å². The van der Waals surface area contributed by atoms with E-state index in [2.05, 4.69) is 4.98 Å². The summed E-state index contributed by atoms with van der Waals surface area (Å²) in [6.45, 7) is 0.654. The molecule has 6 nitrogen and oxygen atoms in total. The number of hydrogen-bond acceptors (Lipinski definition) is 3. The Kier molecular flexibility index (Phi) is 3.66. The molecule has 1 aromatic heterocycles. The van der Waals surface area contributed by atoms with Gasteiger partial charge in [0.15, 0.2) is 0 Å². The molecule has 1 aliphatic heterocycles. The average Bonchev–Trinajstić information content (AvgIpc) is 2.98. The number of nitrogens with zero attached hydrogens (tertiary/aromatic N) is 1. The van der Waals surface area contributed by atoms with E-state index in [1.807, 2.05) is 18.2 Å². The molecule has 2 aromatic rings. The number of aromatic nitrogens is 1. The van der Waals surface area contributed by atoms with Crippen molar-refractivity contribution >= 4 is 22.8 Å². The Hall–Kier alpha value is -2.63. The summed E-state index contributed by atoms with van der Waals surface area (Å²) in [7, 11) is 0. The van der Waals surface area contributed by atoms with E-state index in [0.29, 0.717) is 18.5 Å². The zero-order chi connectivity index (χ0) is 15.7. The normalized spacial score (nSPS) is 17.8. The van der Waals surface area contributed by atoms with Crippen LogP contribution in [-0.4, -0.2) is 40.0 Å². The fraction of sp³-hybridized carbons (Fsp3) is 0.312. The van der Waals surface area contributed by atoms with Crippen LogP contribution in [0.25, 0.3) is 10.9 Å². The van der Waals surface area contributed by atoms with E-state index in [1.54, 1.807) is 12.1 Å². The molecular weight excluding hydrogens is 284 g/mol. The molecule has 2 heterocycles. The minimum Gasteiger partial charge on any atom is -0.481 e. The number of aliphatic carboxylic acids is 1. The highest BCUT2D eigenvalue weighted by molar-refractivity contribution is 5.83. The SMILES string of the molecule is O=C(O)[C@@H]1CCN(C(=O)Cc2cc3ccccc3[nH]c2=O)C1. The maximum Gasteiger partial charge on any atom is 0.308 e. The number of fused-ring (bicyclic) bond motifs is 1. The number of rotatable bonds is 3. The fourth-order valence-electron chi connectivity index (χ4n) is 2.79. The Morgan fingerprint density at radius 1 is 1.32 bits per heavy atom. The standard InChI is InChI=1S/C16H16N2O4/c19-14(18-6-5-11(9-18)16(21)22)8-12-7-10-3-1-2-4-13(10)17-15(12)20/h1-4,7,11H,5-6,8-9H2,(H,17,20)(H,21,22)/t11-/m1/s1. The van der Waals surface area contributed by atoms with Crippen LogP contribution in [0.3, 0.4) is 0 Å². The van der Waals surface area contributed by atoms with Crippen molar-refractivity contribution in [1.29, 1.82) is 0 Å². The first-order valence-electron chi connectivity index (χ1n) is 7.16. The summed E-state index contributed by atoms with van der Waals surface area (Å²) in [5.74, 6) is -1.58. The van der Waals surface area contributed by atoms with Crippen LogP contribution in [0.15, 0.2) is 35.1 Å². The number of carboxylic acid groups (broad SMARTS) is 1. The lowest BCUT2D eigenvalue weighted by Crippen LogP contribution is -2.32. The molecule has 114 valence electrons. The van der Waals surface area contributed by atoms with Crippen LogP contribution >= 0.6 is 0 Å². The molecule has 0 aliphatic carbocycles. The van der Waals surface area contributed by atoms with Crippen LogP contribution in [0.2, 0.25) is 0 Å². The number of likely N-dealkylation sites (tertiary alicyclic amines) is 1. The molecule has 3 rings (SSSR count). The predicted molar refractivity (Wildman–Crippen MR) is 80.6 cm³/mol. The van der Waals surface area contributed by atoms with Crippen LogP contribution in [0.4, 0.5) is 0 Å². The third-order valence-electron chi connectivity index (χ3n) is 4.06. The van der Waals surface area contributed by atoms with Gasteiger partial charge in [-0.25, -0.2) is 0 Å². The third kappa shape index (κ3) is 2.72. The van der Waals surface area contributed by atoms with E-state index < -0.39 is 11.9 Å². The molecule has 2 N–H and O–H groups in total. The number of nitrogens with one attached hydrogen (secondary N) is 1. The van der Waals surface area contributed by atoms with Crippen LogP contribution in [0.1, 0.15) is 12.0 Å². The van der Waals surface area contributed by atoms with Gasteiger partial charge in [0.25, 0.3) is 5.56 Å². The first-order chi connectivity index (χ1) is 10.5. The van der Waals surface area contributed by atoms with Gasteiger partial charge in [-0.2, -0.15) is 0 Å². The van der Waals surface area contributed by atoms with E-state index in [9.17, 15) is 14.4 Å². The number of hydrogen-bond donors (Lipinski definition) is 2. The van der Waals surface area contributed by atoms with Crippen molar-refractivity contribution in [2.75, 3.05) is 13.1 Å². The van der Waals surface area contributed by atoms with E-state index in [1.165, 1.54) is 4.90 Å². The van der Waals surface area contributed by atoms with E-state index in [0.717, 1.165) is 10.9 Å². The third-order valence-corrected chi connectivity index (χ3v) is 4.06. The Morgan fingerprint density at radius 2 is 2.09 bits per heavy atom. The van der Waals surface area contributed by atoms with Crippen LogP contribution in [0, 0.1) is 5.92 Å². The lowest BCUT2D eigenvalue weighted by atomic mass is 10.1. The number of benzene rings is 1. The molecule has 1 amide bonds. The van der Waals surface area contributed by atoms with Crippen molar-refractivity contribution in [3.8, 4) is 0 Å². The number of H-pyrrole nitrogens is 1. The molecule has 1 saturated heterocycles. The first kappa shape index (κ1) is 14.3. The molecule has 1 fully saturated rings. The van der Waals surface area contributed by atoms with Gasteiger partial charge < -0.3 is 15.0 Å². The maximum absolute atomic E-state index is 12.3. The predicted octanol–water partition coefficient (Wildman–Crippen LogP) is 1.00. The second-order valence-electron chi connectivity index (χ2n) is 5.55. The van der Waals surface area contributed by atoms with Crippen molar-refractivity contribution in [2.45, 2.75) is 12.8 Å². The Bertz CT molecular complexity index is 796. The van der Waals surface area contributed by atoms with Crippen molar-refractivity contribution in [2.24, 2.45) is 5.92 Å². The minimum absolute atomic E-state index is 0.00743. The highest BCUT2D eigenvalue weighted by Gasteiger charge is 2.30. The molecule has 0 saturated carbocycles. The summed E-state index contributed by atoms with van der Waals surface area (Å²) in [6, 6.07) is 9.09. The molecule has 1 aliphatic rings. The quantitative estimate of drug-likeness (QED) is 0.885. The van der Waals surface area contributed by atoms with Gasteiger partial charge in [-0.05, 0) is 23.9 Å². The highest BCUT2D eigenvalue weighted by atomic mass is 16.4. The number of pyridine rings is 1. The molecule has 0 spiro atoms. The summed E-state index contributed by atoms with van der Waals surface area (Å²) in [6.07, 6.45) is 0.460. The van der Waals surface area contributed by atoms with Crippen molar-refractivity contribution in [1.82, 2.24) is 9.88 Å². The van der Waals surface area contributed by atoms with Crippen LogP contribution in [0.5, 0.6) is 0 Å². The molecule has 0 unspecified atom stereocenters. The smallest absolute Gasteiger partial charge is 0.308 e. The van der Waals surface area contributed by atoms with E-state index in [4.69, 9.17) is 5.11 Å². The number of aromatic amines is 1. The molecule has 0 bridgehead atoms. The molecular formula is C16H16N2O4.